The summed E-state index contributed by atoms with van der Waals surface area (Å²) < 4.78 is 7.27. The fourth-order valence-electron chi connectivity index (χ4n) is 22.0. The van der Waals surface area contributed by atoms with Crippen LogP contribution < -0.4 is 0 Å². The smallest absolute Gasteiger partial charge is 0.164 e. The molecule has 0 unspecified atom stereocenters. The summed E-state index contributed by atoms with van der Waals surface area (Å²) in [7, 11) is 0. The van der Waals surface area contributed by atoms with Gasteiger partial charge in [0, 0.05) is 93.6 Å². The third-order valence-electron chi connectivity index (χ3n) is 28.3. The predicted octanol–water partition coefficient (Wildman–Crippen LogP) is 33.0. The highest BCUT2D eigenvalue weighted by Crippen LogP contribution is 2.54. The molecule has 27 aromatic rings. The van der Waals surface area contributed by atoms with Crippen molar-refractivity contribution >= 4 is 109 Å². The topological polar surface area (TPSA) is 105 Å². The Labute approximate surface area is 799 Å². The molecule has 0 atom stereocenters. The summed E-state index contributed by atoms with van der Waals surface area (Å²) in [4.78, 5) is 34.7. The second-order valence-corrected chi connectivity index (χ2v) is 36.1. The Bertz CT molecular complexity index is 9140. The highest BCUT2D eigenvalue weighted by Gasteiger charge is 2.31. The van der Waals surface area contributed by atoms with Gasteiger partial charge < -0.3 is 13.7 Å². The van der Waals surface area contributed by atoms with Crippen LogP contribution in [0.25, 0.3) is 283 Å². The Morgan fingerprint density at radius 2 is 0.403 bits per heavy atom. The second-order valence-electron chi connectivity index (χ2n) is 36.1. The number of aromatic nitrogens is 10. The summed E-state index contributed by atoms with van der Waals surface area (Å²) in [5, 5.41) is 18.4. The molecule has 10 nitrogen and oxygen atoms in total. The predicted molar refractivity (Wildman–Crippen MR) is 574 cm³/mol. The first-order chi connectivity index (χ1) is 68.9. The van der Waals surface area contributed by atoms with Crippen LogP contribution in [0.3, 0.4) is 0 Å². The van der Waals surface area contributed by atoms with Crippen molar-refractivity contribution < 1.29 is 0 Å². The Morgan fingerprint density at radius 3 is 0.763 bits per heavy atom. The van der Waals surface area contributed by atoms with E-state index in [1.165, 1.54) is 153 Å². The van der Waals surface area contributed by atoms with Crippen LogP contribution in [-0.4, -0.2) is 48.6 Å². The van der Waals surface area contributed by atoms with E-state index < -0.39 is 0 Å². The summed E-state index contributed by atoms with van der Waals surface area (Å²) in [6, 6.07) is 168. The SMILES string of the molecule is c1ccc(-c2cc(-c3ccc(-c4ccc(-n5c6cccc7c6c6c8c-7cccc8ccc65)cc4)cc3)cc(-c3ccccc3)n2)cc1.c1ccc(-c2nc(-c3ccccc3)nc(-c3ccc(-c4ccc(-n5c6cccc7c6c6c8c-7cccc8ccc65)cc4)cc3)n2)cc1.c1ccc(-c2nc(-c3ccccc3)nc(-c3ccc(-n4c5cccc6c5c5c7c-6cccc7ccc54)c4ccccc34)n2)cc1. The maximum Gasteiger partial charge on any atom is 0.164 e. The largest absolute Gasteiger partial charge is 0.309 e. The van der Waals surface area contributed by atoms with Gasteiger partial charge in [-0.15, -0.1) is 0 Å². The molecule has 0 bridgehead atoms. The lowest BCUT2D eigenvalue weighted by Crippen LogP contribution is -2.01. The van der Waals surface area contributed by atoms with Crippen molar-refractivity contribution in [2.24, 2.45) is 0 Å². The first-order valence-electron chi connectivity index (χ1n) is 47.2. The van der Waals surface area contributed by atoms with E-state index in [1.54, 1.807) is 0 Å². The highest BCUT2D eigenvalue weighted by molar-refractivity contribution is 6.36. The van der Waals surface area contributed by atoms with Gasteiger partial charge in [-0.1, -0.05) is 388 Å². The standard InChI is InChI=1S/C45H28N2.C43H26N4.C41H24N4/c1-3-9-32(10-4-1)39-27-35(28-40(46-39)33-11-5-2-6-12-33)31-19-17-29(18-20-31)30-21-24-36(25-22-30)47-41-16-8-15-38-37-14-7-13-34-23-26-42(47)45(43(34)37)44(38)41;1-3-9-30(10-4-1)41-44-42(31-11-5-2-6-12-31)46-43(45-41)32-19-17-27(18-20-32)28-21-24-33(25-22-28)47-36-16-8-15-35-34-14-7-13-29-23-26-37(47)40(38(29)34)39(35)36;1-3-11-26(12-4-1)39-42-40(27-13-5-2-6-14-27)44-41(43-39)32-22-24-33(29-17-8-7-16-28(29)32)45-34-20-10-19-31-30-18-9-15-25-21-23-35(45)38(36(25)30)37(31)34/h1-28H;1-26H;1-24H. The van der Waals surface area contributed by atoms with Crippen molar-refractivity contribution in [1.82, 2.24) is 48.6 Å². The van der Waals surface area contributed by atoms with Crippen molar-refractivity contribution in [2.75, 3.05) is 0 Å². The summed E-state index contributed by atoms with van der Waals surface area (Å²) in [6.07, 6.45) is 0. The van der Waals surface area contributed by atoms with Crippen LogP contribution in [0.5, 0.6) is 0 Å². The molecule has 0 aliphatic heterocycles. The molecule has 6 heterocycles. The van der Waals surface area contributed by atoms with Crippen molar-refractivity contribution in [3.05, 3.63) is 473 Å². The average molecular weight is 1770 g/mol. The van der Waals surface area contributed by atoms with Gasteiger partial charge in [0.25, 0.3) is 0 Å². The van der Waals surface area contributed by atoms with E-state index in [0.29, 0.717) is 34.9 Å². The molecule has 3 aliphatic rings. The van der Waals surface area contributed by atoms with Crippen LogP contribution in [0.4, 0.5) is 0 Å². The summed E-state index contributed by atoms with van der Waals surface area (Å²) >= 11 is 0. The second kappa shape index (κ2) is 32.0. The zero-order valence-electron chi connectivity index (χ0n) is 75.0. The normalized spacial score (nSPS) is 11.9. The van der Waals surface area contributed by atoms with Crippen LogP contribution in [0.1, 0.15) is 0 Å². The molecule has 6 aromatic heterocycles. The lowest BCUT2D eigenvalue weighted by molar-refractivity contribution is 1.07. The quantitative estimate of drug-likeness (QED) is 0.107. The molecule has 21 aromatic carbocycles. The lowest BCUT2D eigenvalue weighted by Gasteiger charge is -2.16. The average Bonchev–Trinajstić information content (AvgIpc) is 1.54. The molecular formula is C129H78N10. The Balaban J connectivity index is 0.000000103. The van der Waals surface area contributed by atoms with E-state index in [1.807, 2.05) is 133 Å². The Kier molecular flexibility index (Phi) is 18.1. The number of nitrogens with zero attached hydrogens (tertiary/aromatic N) is 10. The Morgan fingerprint density at radius 1 is 0.137 bits per heavy atom. The van der Waals surface area contributed by atoms with E-state index in [-0.39, 0.29) is 0 Å². The first-order valence-corrected chi connectivity index (χ1v) is 47.2. The number of hydrogen-bond donors (Lipinski definition) is 0. The molecule has 10 heteroatoms. The minimum absolute atomic E-state index is 0.655. The van der Waals surface area contributed by atoms with E-state index in [2.05, 4.69) is 353 Å². The molecule has 0 fully saturated rings. The van der Waals surface area contributed by atoms with Gasteiger partial charge in [-0.3, -0.25) is 0 Å². The summed E-state index contributed by atoms with van der Waals surface area (Å²) in [5.41, 5.74) is 36.0. The van der Waals surface area contributed by atoms with E-state index in [4.69, 9.17) is 34.9 Å². The third-order valence-corrected chi connectivity index (χ3v) is 28.3. The molecule has 0 amide bonds. The molecule has 644 valence electrons. The monoisotopic (exact) mass is 1770 g/mol. The highest BCUT2D eigenvalue weighted by atomic mass is 15.1. The van der Waals surface area contributed by atoms with Crippen LogP contribution in [0, 0.1) is 0 Å². The van der Waals surface area contributed by atoms with Crippen molar-refractivity contribution in [3.8, 4) is 175 Å². The fraction of sp³-hybridized carbons (Fsp3) is 0. The van der Waals surface area contributed by atoms with Gasteiger partial charge in [-0.05, 0) is 189 Å². The van der Waals surface area contributed by atoms with Gasteiger partial charge in [0.05, 0.1) is 50.2 Å². The number of fused-ring (bicyclic) bond motifs is 4. The number of pyridine rings is 1. The molecule has 0 radical (unpaired) electrons. The molecule has 0 saturated heterocycles. The summed E-state index contributed by atoms with van der Waals surface area (Å²) in [5.74, 6) is 3.96. The third kappa shape index (κ3) is 12.9. The maximum atomic E-state index is 5.05. The first kappa shape index (κ1) is 78.8. The number of hydrogen-bond acceptors (Lipinski definition) is 7. The van der Waals surface area contributed by atoms with Gasteiger partial charge in [-0.25, -0.2) is 34.9 Å². The van der Waals surface area contributed by atoms with E-state index >= 15 is 0 Å². The molecule has 0 saturated carbocycles. The number of rotatable bonds is 14. The van der Waals surface area contributed by atoms with E-state index in [9.17, 15) is 0 Å². The lowest BCUT2D eigenvalue weighted by atomic mass is 9.97. The van der Waals surface area contributed by atoms with Crippen molar-refractivity contribution in [3.63, 3.8) is 0 Å². The van der Waals surface area contributed by atoms with Gasteiger partial charge >= 0.3 is 0 Å². The molecule has 3 aliphatic carbocycles. The van der Waals surface area contributed by atoms with E-state index in [0.717, 1.165) is 94.7 Å². The molecule has 0 spiro atoms. The maximum absolute atomic E-state index is 5.05. The molecular weight excluding hydrogens is 1690 g/mol. The summed E-state index contributed by atoms with van der Waals surface area (Å²) in [6.45, 7) is 0. The van der Waals surface area contributed by atoms with Crippen LogP contribution >= 0.6 is 0 Å². The van der Waals surface area contributed by atoms with Crippen LogP contribution in [-0.2, 0) is 0 Å². The van der Waals surface area contributed by atoms with Gasteiger partial charge in [0.2, 0.25) is 0 Å². The molecule has 30 rings (SSSR count). The van der Waals surface area contributed by atoms with Gasteiger partial charge in [0.15, 0.2) is 34.9 Å². The fourth-order valence-corrected chi connectivity index (χ4v) is 22.0. The minimum atomic E-state index is 0.655. The van der Waals surface area contributed by atoms with Crippen LogP contribution in [0.2, 0.25) is 0 Å². The minimum Gasteiger partial charge on any atom is -0.309 e. The van der Waals surface area contributed by atoms with Crippen LogP contribution in [0.15, 0.2) is 473 Å². The van der Waals surface area contributed by atoms with Gasteiger partial charge in [0.1, 0.15) is 0 Å². The molecule has 0 N–H and O–H groups in total. The zero-order valence-corrected chi connectivity index (χ0v) is 75.0. The zero-order chi connectivity index (χ0) is 91.3. The van der Waals surface area contributed by atoms with Crippen molar-refractivity contribution in [2.45, 2.75) is 0 Å². The van der Waals surface area contributed by atoms with Crippen molar-refractivity contribution in [1.29, 1.82) is 0 Å². The molecule has 139 heavy (non-hydrogen) atoms. The van der Waals surface area contributed by atoms with Gasteiger partial charge in [-0.2, -0.15) is 0 Å². The Hall–Kier alpha value is -18.8. The number of benzene rings is 21.